The van der Waals surface area contributed by atoms with Crippen molar-refractivity contribution in [3.8, 4) is 0 Å². The van der Waals surface area contributed by atoms with Gasteiger partial charge in [-0.3, -0.25) is 14.4 Å². The fourth-order valence-electron chi connectivity index (χ4n) is 1.64. The predicted molar refractivity (Wildman–Crippen MR) is 79.4 cm³/mol. The van der Waals surface area contributed by atoms with Gasteiger partial charge in [0.1, 0.15) is 6.04 Å². The third-order valence-electron chi connectivity index (χ3n) is 2.75. The third kappa shape index (κ3) is 11.0. The summed E-state index contributed by atoms with van der Waals surface area (Å²) >= 11 is 0. The van der Waals surface area contributed by atoms with Gasteiger partial charge >= 0.3 is 5.97 Å². The Morgan fingerprint density at radius 3 is 2.45 bits per heavy atom. The molecule has 0 aromatic rings. The molecule has 0 saturated carbocycles. The maximum atomic E-state index is 12.0. The molecule has 0 aromatic carbocycles. The molecule has 8 nitrogen and oxygen atoms in total. The number of aliphatic carboxylic acids is 1. The molecule has 0 fully saturated rings. The zero-order chi connectivity index (χ0) is 16.8. The second kappa shape index (κ2) is 13.0. The maximum absolute atomic E-state index is 12.0. The van der Waals surface area contributed by atoms with Crippen LogP contribution in [0.2, 0.25) is 0 Å². The average molecular weight is 318 g/mol. The Morgan fingerprint density at radius 2 is 1.86 bits per heavy atom. The van der Waals surface area contributed by atoms with Crippen molar-refractivity contribution in [1.82, 2.24) is 10.6 Å². The van der Waals surface area contributed by atoms with Gasteiger partial charge in [0.25, 0.3) is 0 Å². The minimum atomic E-state index is -1.01. The summed E-state index contributed by atoms with van der Waals surface area (Å²) in [5.74, 6) is -1.67. The van der Waals surface area contributed by atoms with Crippen LogP contribution in [0.15, 0.2) is 0 Å². The number of carboxylic acids is 1. The molecule has 128 valence electrons. The van der Waals surface area contributed by atoms with Crippen LogP contribution >= 0.6 is 0 Å². The van der Waals surface area contributed by atoms with E-state index < -0.39 is 17.9 Å². The summed E-state index contributed by atoms with van der Waals surface area (Å²) in [6.45, 7) is 3.37. The minimum absolute atomic E-state index is 0.0567. The molecule has 0 saturated heterocycles. The van der Waals surface area contributed by atoms with E-state index in [1.54, 1.807) is 7.11 Å². The predicted octanol–water partition coefficient (Wildman–Crippen LogP) is -0.0847. The lowest BCUT2D eigenvalue weighted by molar-refractivity contribution is -0.138. The van der Waals surface area contributed by atoms with E-state index in [0.717, 1.165) is 0 Å². The number of methoxy groups -OCH3 is 1. The summed E-state index contributed by atoms with van der Waals surface area (Å²) in [6, 6.07) is -0.839. The van der Waals surface area contributed by atoms with Crippen LogP contribution in [0.4, 0.5) is 0 Å². The molecule has 2 amide bonds. The Hall–Kier alpha value is -1.67. The summed E-state index contributed by atoms with van der Waals surface area (Å²) in [4.78, 5) is 34.2. The number of hydrogen-bond donors (Lipinski definition) is 3. The largest absolute Gasteiger partial charge is 0.481 e. The SMILES string of the molecule is CCCC(=O)N[C@@H](CCC(=O)O)C(=O)NCCOCCOC. The van der Waals surface area contributed by atoms with E-state index in [1.165, 1.54) is 0 Å². The fourth-order valence-corrected chi connectivity index (χ4v) is 1.64. The van der Waals surface area contributed by atoms with Gasteiger partial charge in [-0.1, -0.05) is 6.92 Å². The van der Waals surface area contributed by atoms with Crippen molar-refractivity contribution >= 4 is 17.8 Å². The first-order chi connectivity index (χ1) is 10.5. The zero-order valence-corrected chi connectivity index (χ0v) is 13.2. The van der Waals surface area contributed by atoms with Gasteiger partial charge < -0.3 is 25.2 Å². The summed E-state index contributed by atoms with van der Waals surface area (Å²) in [5.41, 5.74) is 0. The molecule has 0 spiro atoms. The number of nitrogens with one attached hydrogen (secondary N) is 2. The third-order valence-corrected chi connectivity index (χ3v) is 2.75. The molecular weight excluding hydrogens is 292 g/mol. The van der Waals surface area contributed by atoms with Gasteiger partial charge in [-0.05, 0) is 12.8 Å². The van der Waals surface area contributed by atoms with Crippen LogP contribution in [0.25, 0.3) is 0 Å². The molecule has 3 N–H and O–H groups in total. The lowest BCUT2D eigenvalue weighted by Crippen LogP contribution is -2.47. The van der Waals surface area contributed by atoms with Crippen molar-refractivity contribution in [2.24, 2.45) is 0 Å². The molecule has 0 rings (SSSR count). The van der Waals surface area contributed by atoms with Gasteiger partial charge in [-0.2, -0.15) is 0 Å². The van der Waals surface area contributed by atoms with E-state index in [2.05, 4.69) is 10.6 Å². The summed E-state index contributed by atoms with van der Waals surface area (Å²) in [5, 5.41) is 13.9. The van der Waals surface area contributed by atoms with E-state index in [-0.39, 0.29) is 25.3 Å². The minimum Gasteiger partial charge on any atom is -0.481 e. The molecule has 0 radical (unpaired) electrons. The highest BCUT2D eigenvalue weighted by Gasteiger charge is 2.21. The van der Waals surface area contributed by atoms with Crippen LogP contribution in [-0.4, -0.2) is 62.4 Å². The Balaban J connectivity index is 4.18. The van der Waals surface area contributed by atoms with E-state index in [1.807, 2.05) is 6.92 Å². The molecular formula is C14H26N2O6. The molecule has 0 aliphatic rings. The lowest BCUT2D eigenvalue weighted by atomic mass is 10.1. The number of rotatable bonds is 13. The Bertz CT molecular complexity index is 348. The van der Waals surface area contributed by atoms with E-state index in [0.29, 0.717) is 32.7 Å². The van der Waals surface area contributed by atoms with Gasteiger partial charge in [0, 0.05) is 26.5 Å². The van der Waals surface area contributed by atoms with Crippen molar-refractivity contribution in [2.45, 2.75) is 38.6 Å². The van der Waals surface area contributed by atoms with Crippen LogP contribution in [0.3, 0.4) is 0 Å². The number of carbonyl (C=O) groups is 3. The van der Waals surface area contributed by atoms with E-state index in [9.17, 15) is 14.4 Å². The molecule has 8 heteroatoms. The summed E-state index contributed by atoms with van der Waals surface area (Å²) in [6.07, 6.45) is 0.833. The first kappa shape index (κ1) is 20.3. The molecule has 0 aliphatic carbocycles. The molecule has 0 heterocycles. The first-order valence-corrected chi connectivity index (χ1v) is 7.36. The molecule has 0 aliphatic heterocycles. The average Bonchev–Trinajstić information content (AvgIpc) is 2.46. The van der Waals surface area contributed by atoms with Crippen molar-refractivity contribution in [2.75, 3.05) is 33.5 Å². The fraction of sp³-hybridized carbons (Fsp3) is 0.786. The molecule has 0 unspecified atom stereocenters. The first-order valence-electron chi connectivity index (χ1n) is 7.36. The molecule has 22 heavy (non-hydrogen) atoms. The van der Waals surface area contributed by atoms with Gasteiger partial charge in [-0.15, -0.1) is 0 Å². The number of carboxylic acid groups (broad SMARTS) is 1. The normalized spacial score (nSPS) is 11.7. The van der Waals surface area contributed by atoms with Gasteiger partial charge in [0.2, 0.25) is 11.8 Å². The monoisotopic (exact) mass is 318 g/mol. The highest BCUT2D eigenvalue weighted by molar-refractivity contribution is 5.87. The van der Waals surface area contributed by atoms with Crippen LogP contribution in [0, 0.1) is 0 Å². The topological polar surface area (TPSA) is 114 Å². The highest BCUT2D eigenvalue weighted by Crippen LogP contribution is 2.00. The second-order valence-electron chi connectivity index (χ2n) is 4.70. The van der Waals surface area contributed by atoms with Gasteiger partial charge in [-0.25, -0.2) is 0 Å². The smallest absolute Gasteiger partial charge is 0.303 e. The number of hydrogen-bond acceptors (Lipinski definition) is 5. The van der Waals surface area contributed by atoms with Crippen LogP contribution in [0.1, 0.15) is 32.6 Å². The van der Waals surface area contributed by atoms with Crippen molar-refractivity contribution < 1.29 is 29.0 Å². The zero-order valence-electron chi connectivity index (χ0n) is 13.2. The lowest BCUT2D eigenvalue weighted by Gasteiger charge is -2.17. The number of ether oxygens (including phenoxy) is 2. The standard InChI is InChI=1S/C14H26N2O6/c1-3-4-12(17)16-11(5-6-13(18)19)14(20)15-7-8-22-10-9-21-2/h11H,3-10H2,1-2H3,(H,15,20)(H,16,17)(H,18,19)/t11-/m0/s1. The number of carbonyl (C=O) groups excluding carboxylic acids is 2. The Kier molecular flexibility index (Phi) is 12.0. The van der Waals surface area contributed by atoms with Gasteiger partial charge in [0.05, 0.1) is 19.8 Å². The number of amides is 2. The molecule has 0 aromatic heterocycles. The van der Waals surface area contributed by atoms with Crippen LogP contribution in [0.5, 0.6) is 0 Å². The van der Waals surface area contributed by atoms with E-state index >= 15 is 0 Å². The summed E-state index contributed by atoms with van der Waals surface area (Å²) in [7, 11) is 1.57. The van der Waals surface area contributed by atoms with Gasteiger partial charge in [0.15, 0.2) is 0 Å². The van der Waals surface area contributed by atoms with Crippen LogP contribution < -0.4 is 10.6 Å². The maximum Gasteiger partial charge on any atom is 0.303 e. The molecule has 0 bridgehead atoms. The molecule has 1 atom stereocenters. The van der Waals surface area contributed by atoms with E-state index in [4.69, 9.17) is 14.6 Å². The Morgan fingerprint density at radius 1 is 1.14 bits per heavy atom. The summed E-state index contributed by atoms with van der Waals surface area (Å²) < 4.78 is 10.0. The highest BCUT2D eigenvalue weighted by atomic mass is 16.5. The second-order valence-corrected chi connectivity index (χ2v) is 4.70. The van der Waals surface area contributed by atoms with Crippen molar-refractivity contribution in [1.29, 1.82) is 0 Å². The quantitative estimate of drug-likeness (QED) is 0.409. The van der Waals surface area contributed by atoms with Crippen LogP contribution in [-0.2, 0) is 23.9 Å². The van der Waals surface area contributed by atoms with Crippen molar-refractivity contribution in [3.05, 3.63) is 0 Å². The Labute approximate surface area is 130 Å². The van der Waals surface area contributed by atoms with Crippen molar-refractivity contribution in [3.63, 3.8) is 0 Å².